The van der Waals surface area contributed by atoms with Gasteiger partial charge in [0.1, 0.15) is 23.4 Å². The summed E-state index contributed by atoms with van der Waals surface area (Å²) in [5, 5.41) is 14.5. The van der Waals surface area contributed by atoms with E-state index in [4.69, 9.17) is 9.57 Å². The van der Waals surface area contributed by atoms with Crippen molar-refractivity contribution in [3.63, 3.8) is 0 Å². The highest BCUT2D eigenvalue weighted by atomic mass is 28.3. The van der Waals surface area contributed by atoms with Crippen molar-refractivity contribution in [1.29, 1.82) is 0 Å². The second-order valence-corrected chi connectivity index (χ2v) is 13.7. The molecule has 1 aliphatic heterocycles. The second kappa shape index (κ2) is 10.3. The molecule has 0 fully saturated rings. The number of nitrogens with one attached hydrogen (secondary N) is 3. The van der Waals surface area contributed by atoms with E-state index in [0.29, 0.717) is 17.9 Å². The summed E-state index contributed by atoms with van der Waals surface area (Å²) in [5.74, 6) is -2.64. The molecule has 3 rings (SSSR count). The summed E-state index contributed by atoms with van der Waals surface area (Å²) >= 11 is 0. The van der Waals surface area contributed by atoms with E-state index in [1.54, 1.807) is 24.3 Å². The average Bonchev–Trinajstić information content (AvgIpc) is 3.17. The first kappa shape index (κ1) is 25.3. The Bertz CT molecular complexity index is 1080. The fraction of sp³-hybridized carbons (Fsp3) is 0.304. The molecule has 2 aromatic carbocycles. The molecule has 1 heterocycles. The smallest absolute Gasteiger partial charge is 0.289 e. The summed E-state index contributed by atoms with van der Waals surface area (Å²) in [4.78, 5) is 30.6. The third-order valence-corrected chi connectivity index (χ3v) is 6.92. The number of ether oxygens (including phenoxy) is 1. The lowest BCUT2D eigenvalue weighted by Gasteiger charge is -2.21. The van der Waals surface area contributed by atoms with Crippen LogP contribution in [0.2, 0.25) is 19.6 Å². The molecule has 2 aromatic rings. The van der Waals surface area contributed by atoms with Crippen LogP contribution in [-0.4, -0.2) is 37.8 Å². The van der Waals surface area contributed by atoms with Crippen LogP contribution in [0.25, 0.3) is 0 Å². The number of halogens is 2. The Morgan fingerprint density at radius 2 is 1.79 bits per heavy atom. The van der Waals surface area contributed by atoms with E-state index in [0.717, 1.165) is 18.2 Å². The van der Waals surface area contributed by atoms with E-state index in [1.807, 2.05) is 26.6 Å². The highest BCUT2D eigenvalue weighted by molar-refractivity contribution is 6.88. The molecule has 0 radical (unpaired) electrons. The third-order valence-electron chi connectivity index (χ3n) is 4.94. The fourth-order valence-electron chi connectivity index (χ4n) is 3.46. The highest BCUT2D eigenvalue weighted by Crippen LogP contribution is 2.22. The number of aliphatic hydroxyl groups is 1. The number of hydroxylamine groups is 1. The largest absolute Gasteiger partial charge is 0.494 e. The molecular formula is C23H27F2N3O5Si. The molecule has 2 unspecified atom stereocenters. The van der Waals surface area contributed by atoms with Gasteiger partial charge < -0.3 is 25.3 Å². The van der Waals surface area contributed by atoms with Gasteiger partial charge in [-0.3, -0.25) is 9.59 Å². The topological polar surface area (TPSA) is 109 Å². The lowest BCUT2D eigenvalue weighted by atomic mass is 10.1. The van der Waals surface area contributed by atoms with Crippen LogP contribution in [0.5, 0.6) is 5.75 Å². The number of amides is 2. The van der Waals surface area contributed by atoms with Crippen LogP contribution in [0.1, 0.15) is 18.5 Å². The Morgan fingerprint density at radius 3 is 2.29 bits per heavy atom. The first-order valence-electron chi connectivity index (χ1n) is 10.7. The second-order valence-electron chi connectivity index (χ2n) is 8.66. The zero-order valence-electron chi connectivity index (χ0n) is 19.2. The van der Waals surface area contributed by atoms with Crippen molar-refractivity contribution in [2.24, 2.45) is 0 Å². The predicted molar refractivity (Wildman–Crippen MR) is 125 cm³/mol. The molecule has 0 bridgehead atoms. The predicted octanol–water partition coefficient (Wildman–Crippen LogP) is 2.44. The summed E-state index contributed by atoms with van der Waals surface area (Å²) in [7, 11) is -2.29. The van der Waals surface area contributed by atoms with Gasteiger partial charge >= 0.3 is 0 Å². The molecule has 0 spiro atoms. The third kappa shape index (κ3) is 5.98. The molecule has 182 valence electrons. The van der Waals surface area contributed by atoms with E-state index in [-0.39, 0.29) is 16.6 Å². The van der Waals surface area contributed by atoms with Crippen LogP contribution in [0.15, 0.2) is 48.2 Å². The summed E-state index contributed by atoms with van der Waals surface area (Å²) < 4.78 is 34.7. The fourth-order valence-corrected chi connectivity index (χ4v) is 5.04. The van der Waals surface area contributed by atoms with Crippen LogP contribution >= 0.6 is 0 Å². The van der Waals surface area contributed by atoms with Gasteiger partial charge in [-0.05, 0) is 36.8 Å². The lowest BCUT2D eigenvalue weighted by Crippen LogP contribution is -2.42. The Kier molecular flexibility index (Phi) is 7.70. The van der Waals surface area contributed by atoms with Crippen LogP contribution in [-0.2, 0) is 14.4 Å². The highest BCUT2D eigenvalue weighted by Gasteiger charge is 2.29. The molecule has 0 saturated heterocycles. The van der Waals surface area contributed by atoms with Gasteiger partial charge in [0.2, 0.25) is 5.76 Å². The maximum Gasteiger partial charge on any atom is 0.289 e. The number of carbonyl (C=O) groups is 2. The van der Waals surface area contributed by atoms with Crippen LogP contribution in [0.4, 0.5) is 14.5 Å². The normalized spacial score (nSPS) is 16.3. The van der Waals surface area contributed by atoms with E-state index in [1.165, 1.54) is 0 Å². The minimum Gasteiger partial charge on any atom is -0.494 e. The SMILES string of the molecule is CCOc1ccc(C(NC(=O)C2=CC(O)NO2)C(=O)Nc2cc(F)c([Si](C)(C)C)c(F)c2)cc1. The standard InChI is InChI=1S/C23H27F2N3O5Si/c1-5-32-15-8-6-13(7-9-15)20(27-22(30)18-12-19(29)28-33-18)23(31)26-14-10-16(24)21(17(25)11-14)34(2,3)4/h6-12,19-20,28-29H,5H2,1-4H3,(H,26,31)(H,27,30). The van der Waals surface area contributed by atoms with Crippen LogP contribution in [0.3, 0.4) is 0 Å². The summed E-state index contributed by atoms with van der Waals surface area (Å²) in [6.07, 6.45) is -0.0446. The average molecular weight is 492 g/mol. The molecule has 8 nitrogen and oxygen atoms in total. The van der Waals surface area contributed by atoms with Crippen molar-refractivity contribution in [2.75, 3.05) is 11.9 Å². The van der Waals surface area contributed by atoms with E-state index >= 15 is 0 Å². The van der Waals surface area contributed by atoms with Crippen LogP contribution < -0.4 is 26.0 Å². The van der Waals surface area contributed by atoms with Crippen molar-refractivity contribution in [1.82, 2.24) is 10.8 Å². The van der Waals surface area contributed by atoms with E-state index in [2.05, 4.69) is 16.1 Å². The van der Waals surface area contributed by atoms with Gasteiger partial charge in [-0.25, -0.2) is 8.78 Å². The molecule has 0 aromatic heterocycles. The number of aliphatic hydroxyl groups excluding tert-OH is 1. The molecule has 2 atom stereocenters. The Morgan fingerprint density at radius 1 is 1.18 bits per heavy atom. The number of benzene rings is 2. The molecule has 0 aliphatic carbocycles. The molecular weight excluding hydrogens is 464 g/mol. The van der Waals surface area contributed by atoms with Gasteiger partial charge in [0.15, 0.2) is 6.23 Å². The summed E-state index contributed by atoms with van der Waals surface area (Å²) in [6.45, 7) is 7.72. The molecule has 34 heavy (non-hydrogen) atoms. The Balaban J connectivity index is 1.88. The number of anilines is 1. The Hall–Kier alpha value is -3.28. The number of rotatable bonds is 8. The van der Waals surface area contributed by atoms with Crippen molar-refractivity contribution in [3.8, 4) is 5.75 Å². The van der Waals surface area contributed by atoms with Crippen molar-refractivity contribution in [3.05, 3.63) is 65.4 Å². The molecule has 11 heteroatoms. The minimum atomic E-state index is -2.29. The monoisotopic (exact) mass is 491 g/mol. The zero-order chi connectivity index (χ0) is 25.0. The quantitative estimate of drug-likeness (QED) is 0.423. The molecule has 0 saturated carbocycles. The molecule has 4 N–H and O–H groups in total. The van der Waals surface area contributed by atoms with Gasteiger partial charge in [-0.15, -0.1) is 5.48 Å². The molecule has 2 amide bonds. The first-order valence-corrected chi connectivity index (χ1v) is 14.2. The van der Waals surface area contributed by atoms with Crippen molar-refractivity contribution >= 4 is 30.8 Å². The summed E-state index contributed by atoms with van der Waals surface area (Å²) in [6, 6.07) is 7.31. The number of hydrogen-bond donors (Lipinski definition) is 4. The maximum absolute atomic E-state index is 14.7. The molecule has 1 aliphatic rings. The first-order chi connectivity index (χ1) is 16.0. The maximum atomic E-state index is 14.7. The summed E-state index contributed by atoms with van der Waals surface area (Å²) in [5.41, 5.74) is 2.50. The van der Waals surface area contributed by atoms with Gasteiger partial charge in [0, 0.05) is 17.0 Å². The van der Waals surface area contributed by atoms with Gasteiger partial charge in [-0.1, -0.05) is 31.8 Å². The lowest BCUT2D eigenvalue weighted by molar-refractivity contribution is -0.127. The van der Waals surface area contributed by atoms with Crippen LogP contribution in [0, 0.1) is 11.6 Å². The Labute approximate surface area is 196 Å². The van der Waals surface area contributed by atoms with Gasteiger partial charge in [-0.2, -0.15) is 0 Å². The van der Waals surface area contributed by atoms with E-state index < -0.39 is 43.8 Å². The van der Waals surface area contributed by atoms with Gasteiger partial charge in [0.25, 0.3) is 11.8 Å². The van der Waals surface area contributed by atoms with Crippen molar-refractivity contribution in [2.45, 2.75) is 38.8 Å². The number of carbonyl (C=O) groups excluding carboxylic acids is 2. The minimum absolute atomic E-state index is 0.0400. The van der Waals surface area contributed by atoms with E-state index in [9.17, 15) is 23.5 Å². The van der Waals surface area contributed by atoms with Crippen molar-refractivity contribution < 1.29 is 33.1 Å². The van der Waals surface area contributed by atoms with Gasteiger partial charge in [0.05, 0.1) is 14.7 Å². The zero-order valence-corrected chi connectivity index (χ0v) is 20.2. The number of hydrogen-bond acceptors (Lipinski definition) is 6.